The second kappa shape index (κ2) is 9.19. The van der Waals surface area contributed by atoms with Gasteiger partial charge in [-0.1, -0.05) is 31.2 Å². The van der Waals surface area contributed by atoms with Gasteiger partial charge in [0.1, 0.15) is 28.6 Å². The third kappa shape index (κ3) is 3.44. The van der Waals surface area contributed by atoms with Crippen molar-refractivity contribution in [3.8, 4) is 22.6 Å². The standard InChI is InChI=1S/C29H30N2O9/c1-11-14-9-10-15(12-5-7-13(40-4)8-6-12)22(32)17(14)23(33)18-16(11)24(34)20-21(31(2)3)25(35)19(28(30)38)27(37)29(20,39)26(18)36/h5-11,16,20-21,24,32,34-36,39H,1-4H3,(H2,30,38)/t11-,16+,20+,21-,24-,29-/m1/s1. The fourth-order valence-electron chi connectivity index (χ4n) is 6.63. The zero-order chi connectivity index (χ0) is 29.4. The molecule has 1 amide bonds. The number of primary amides is 1. The summed E-state index contributed by atoms with van der Waals surface area (Å²) >= 11 is 0. The van der Waals surface area contributed by atoms with E-state index in [0.29, 0.717) is 22.4 Å². The van der Waals surface area contributed by atoms with Crippen LogP contribution in [0.4, 0.5) is 0 Å². The third-order valence-corrected chi connectivity index (χ3v) is 8.53. The number of likely N-dealkylation sites (N-methyl/N-ethyl adjacent to an activating group) is 1. The molecule has 0 saturated heterocycles. The summed E-state index contributed by atoms with van der Waals surface area (Å²) in [6.07, 6.45) is -1.64. The number of ketones is 2. The number of aliphatic hydroxyl groups excluding tert-OH is 3. The first-order valence-electron chi connectivity index (χ1n) is 12.6. The topological polar surface area (TPSA) is 191 Å². The Hall–Kier alpha value is -4.19. The number of amides is 1. The predicted octanol–water partition coefficient (Wildman–Crippen LogP) is 1.33. The van der Waals surface area contributed by atoms with Crippen LogP contribution in [0.5, 0.6) is 11.5 Å². The number of hydrogen-bond donors (Lipinski definition) is 6. The van der Waals surface area contributed by atoms with E-state index in [0.717, 1.165) is 0 Å². The Morgan fingerprint density at radius 3 is 2.23 bits per heavy atom. The van der Waals surface area contributed by atoms with Crippen LogP contribution in [0, 0.1) is 11.8 Å². The van der Waals surface area contributed by atoms with E-state index in [1.54, 1.807) is 43.3 Å². The molecule has 0 unspecified atom stereocenters. The molecule has 0 bridgehead atoms. The van der Waals surface area contributed by atoms with Crippen molar-refractivity contribution in [2.75, 3.05) is 21.2 Å². The Kier molecular flexibility index (Phi) is 6.29. The second-order valence-corrected chi connectivity index (χ2v) is 10.7. The molecule has 0 fully saturated rings. The number of ether oxygens (including phenoxy) is 1. The summed E-state index contributed by atoms with van der Waals surface area (Å²) in [5, 5.41) is 57.1. The van der Waals surface area contributed by atoms with Crippen LogP contribution in [-0.4, -0.2) is 86.9 Å². The molecule has 210 valence electrons. The van der Waals surface area contributed by atoms with Gasteiger partial charge in [-0.2, -0.15) is 0 Å². The van der Waals surface area contributed by atoms with Gasteiger partial charge in [0.25, 0.3) is 5.91 Å². The molecule has 0 heterocycles. The molecular formula is C29H30N2O9. The highest BCUT2D eigenvalue weighted by molar-refractivity contribution is 6.25. The van der Waals surface area contributed by atoms with E-state index >= 15 is 0 Å². The summed E-state index contributed by atoms with van der Waals surface area (Å²) in [5.74, 6) is -8.59. The number of nitrogens with two attached hydrogens (primary N) is 1. The maximum absolute atomic E-state index is 14.0. The number of Topliss-reactive ketones (excluding diaryl/α,β-unsaturated/α-hetero) is 2. The Morgan fingerprint density at radius 1 is 1.05 bits per heavy atom. The molecule has 7 N–H and O–H groups in total. The van der Waals surface area contributed by atoms with Crippen molar-refractivity contribution < 1.29 is 44.7 Å². The number of phenols is 1. The summed E-state index contributed by atoms with van der Waals surface area (Å²) in [4.78, 5) is 41.0. The Balaban J connectivity index is 1.74. The molecule has 0 aromatic heterocycles. The van der Waals surface area contributed by atoms with Crippen LogP contribution in [0.15, 0.2) is 59.1 Å². The fraction of sp³-hybridized carbons (Fsp3) is 0.345. The van der Waals surface area contributed by atoms with E-state index in [1.807, 2.05) is 0 Å². The number of aliphatic hydroxyl groups is 4. The highest BCUT2D eigenvalue weighted by Crippen LogP contribution is 2.56. The summed E-state index contributed by atoms with van der Waals surface area (Å²) in [7, 11) is 4.49. The maximum Gasteiger partial charge on any atom is 0.255 e. The van der Waals surface area contributed by atoms with E-state index in [9.17, 15) is 39.9 Å². The van der Waals surface area contributed by atoms with Crippen LogP contribution in [0.2, 0.25) is 0 Å². The van der Waals surface area contributed by atoms with Gasteiger partial charge in [0, 0.05) is 17.1 Å². The van der Waals surface area contributed by atoms with E-state index < -0.39 is 75.6 Å². The Morgan fingerprint density at radius 2 is 1.68 bits per heavy atom. The van der Waals surface area contributed by atoms with Crippen LogP contribution in [-0.2, 0) is 9.59 Å². The molecule has 0 spiro atoms. The van der Waals surface area contributed by atoms with Crippen LogP contribution >= 0.6 is 0 Å². The lowest BCUT2D eigenvalue weighted by Crippen LogP contribution is -2.68. The first kappa shape index (κ1) is 27.4. The third-order valence-electron chi connectivity index (χ3n) is 8.53. The number of phenolic OH excluding ortho intramolecular Hbond substituents is 1. The predicted molar refractivity (Wildman–Crippen MR) is 142 cm³/mol. The summed E-state index contributed by atoms with van der Waals surface area (Å²) in [6, 6.07) is 8.74. The molecule has 3 aliphatic rings. The van der Waals surface area contributed by atoms with Gasteiger partial charge >= 0.3 is 0 Å². The van der Waals surface area contributed by atoms with Crippen molar-refractivity contribution in [1.82, 2.24) is 4.90 Å². The van der Waals surface area contributed by atoms with Crippen molar-refractivity contribution in [2.24, 2.45) is 17.6 Å². The van der Waals surface area contributed by atoms with E-state index in [2.05, 4.69) is 0 Å². The highest BCUT2D eigenvalue weighted by Gasteiger charge is 2.67. The lowest BCUT2D eigenvalue weighted by atomic mass is 9.55. The number of fused-ring (bicyclic) bond motifs is 3. The molecule has 0 saturated carbocycles. The molecule has 3 aliphatic carbocycles. The maximum atomic E-state index is 14.0. The number of hydrogen-bond acceptors (Lipinski definition) is 10. The van der Waals surface area contributed by atoms with Crippen molar-refractivity contribution in [1.29, 1.82) is 0 Å². The number of rotatable bonds is 4. The van der Waals surface area contributed by atoms with Crippen molar-refractivity contribution >= 4 is 17.5 Å². The van der Waals surface area contributed by atoms with Crippen LogP contribution in [0.3, 0.4) is 0 Å². The van der Waals surface area contributed by atoms with Gasteiger partial charge in [0.15, 0.2) is 11.4 Å². The monoisotopic (exact) mass is 550 g/mol. The lowest BCUT2D eigenvalue weighted by molar-refractivity contribution is -0.162. The quantitative estimate of drug-likeness (QED) is 0.303. The number of aromatic hydroxyl groups is 1. The summed E-state index contributed by atoms with van der Waals surface area (Å²) in [5.41, 5.74) is 2.16. The number of benzene rings is 2. The van der Waals surface area contributed by atoms with Crippen LogP contribution in [0.25, 0.3) is 11.1 Å². The number of methoxy groups -OCH3 is 1. The smallest absolute Gasteiger partial charge is 0.255 e. The minimum atomic E-state index is -2.95. The number of nitrogens with zero attached hydrogens (tertiary/aromatic N) is 1. The van der Waals surface area contributed by atoms with Crippen LogP contribution in [0.1, 0.15) is 28.8 Å². The number of carbonyl (C=O) groups excluding carboxylic acids is 3. The SMILES string of the molecule is COc1ccc(-c2ccc3c(c2O)C(=O)C2=C(O)[C@@]4(O)C(=O)C(C(N)=O)=C(O)[C@H](N(C)C)[C@H]4[C@H](O)[C@H]2[C@@H]3C)cc1. The molecule has 6 atom stereocenters. The molecule has 11 heteroatoms. The van der Waals surface area contributed by atoms with Crippen molar-refractivity contribution in [2.45, 2.75) is 30.6 Å². The fourth-order valence-corrected chi connectivity index (χ4v) is 6.63. The van der Waals surface area contributed by atoms with Gasteiger partial charge < -0.3 is 36.0 Å². The minimum Gasteiger partial charge on any atom is -0.510 e. The van der Waals surface area contributed by atoms with Gasteiger partial charge in [0.05, 0.1) is 30.7 Å². The Bertz CT molecular complexity index is 1520. The molecule has 5 rings (SSSR count). The minimum absolute atomic E-state index is 0.145. The first-order valence-corrected chi connectivity index (χ1v) is 12.6. The molecule has 11 nitrogen and oxygen atoms in total. The number of carbonyl (C=O) groups is 3. The molecule has 2 aromatic rings. The van der Waals surface area contributed by atoms with Gasteiger partial charge in [0.2, 0.25) is 5.78 Å². The average molecular weight is 551 g/mol. The highest BCUT2D eigenvalue weighted by atomic mass is 16.5. The summed E-state index contributed by atoms with van der Waals surface area (Å²) in [6.45, 7) is 1.68. The van der Waals surface area contributed by atoms with Gasteiger partial charge in [-0.25, -0.2) is 0 Å². The second-order valence-electron chi connectivity index (χ2n) is 10.7. The summed E-state index contributed by atoms with van der Waals surface area (Å²) < 4.78 is 5.17. The molecule has 0 radical (unpaired) electrons. The Labute approximate surface area is 229 Å². The molecule has 2 aromatic carbocycles. The molecular weight excluding hydrogens is 520 g/mol. The van der Waals surface area contributed by atoms with Crippen LogP contribution < -0.4 is 10.5 Å². The van der Waals surface area contributed by atoms with E-state index in [4.69, 9.17) is 10.5 Å². The normalized spacial score (nSPS) is 29.7. The molecule has 0 aliphatic heterocycles. The first-order chi connectivity index (χ1) is 18.8. The zero-order valence-electron chi connectivity index (χ0n) is 22.2. The van der Waals surface area contributed by atoms with Gasteiger partial charge in [-0.15, -0.1) is 0 Å². The molecule has 40 heavy (non-hydrogen) atoms. The van der Waals surface area contributed by atoms with Gasteiger partial charge in [-0.3, -0.25) is 19.3 Å². The van der Waals surface area contributed by atoms with Gasteiger partial charge in [-0.05, 0) is 43.3 Å². The zero-order valence-corrected chi connectivity index (χ0v) is 22.2. The largest absolute Gasteiger partial charge is 0.510 e. The lowest BCUT2D eigenvalue weighted by Gasteiger charge is -2.53. The average Bonchev–Trinajstić information content (AvgIpc) is 2.90. The van der Waals surface area contributed by atoms with Crippen molar-refractivity contribution in [3.63, 3.8) is 0 Å². The van der Waals surface area contributed by atoms with E-state index in [1.165, 1.54) is 26.1 Å². The van der Waals surface area contributed by atoms with E-state index in [-0.39, 0.29) is 11.3 Å². The van der Waals surface area contributed by atoms with Crippen molar-refractivity contribution in [3.05, 3.63) is 70.2 Å².